The van der Waals surface area contributed by atoms with Gasteiger partial charge in [0, 0.05) is 26.2 Å². The van der Waals surface area contributed by atoms with Crippen molar-refractivity contribution in [1.29, 1.82) is 5.26 Å². The van der Waals surface area contributed by atoms with E-state index in [9.17, 15) is 14.0 Å². The Hall–Kier alpha value is -3.15. The van der Waals surface area contributed by atoms with Crippen molar-refractivity contribution in [2.45, 2.75) is 44.6 Å². The predicted octanol–water partition coefficient (Wildman–Crippen LogP) is 1.39. The summed E-state index contributed by atoms with van der Waals surface area (Å²) in [4.78, 5) is 33.4. The van der Waals surface area contributed by atoms with Crippen LogP contribution in [0.3, 0.4) is 0 Å². The van der Waals surface area contributed by atoms with Crippen molar-refractivity contribution < 1.29 is 14.0 Å². The molecule has 1 aromatic rings. The maximum Gasteiger partial charge on any atom is 0.245 e. The molecular formula is C22H29FN6O2. The third-order valence-electron chi connectivity index (χ3n) is 5.63. The van der Waals surface area contributed by atoms with Gasteiger partial charge in [-0.3, -0.25) is 19.9 Å². The van der Waals surface area contributed by atoms with Gasteiger partial charge in [-0.05, 0) is 56.2 Å². The van der Waals surface area contributed by atoms with Crippen LogP contribution in [0.25, 0.3) is 0 Å². The van der Waals surface area contributed by atoms with Crippen LogP contribution < -0.4 is 10.6 Å². The van der Waals surface area contributed by atoms with E-state index < -0.39 is 6.04 Å². The van der Waals surface area contributed by atoms with Crippen molar-refractivity contribution in [3.8, 4) is 6.19 Å². The Kier molecular flexibility index (Phi) is 8.21. The molecule has 1 atom stereocenters. The smallest absolute Gasteiger partial charge is 0.245 e. The minimum atomic E-state index is -0.542. The molecule has 0 spiro atoms. The van der Waals surface area contributed by atoms with E-state index in [2.05, 4.69) is 15.6 Å². The SMILES string of the molecule is N#CNC(=NCCc1ccc(F)cc1)N[C@H]1CCCCN(CC(=O)N2CCCC2)C1=O. The quantitative estimate of drug-likeness (QED) is 0.309. The number of carbonyl (C=O) groups is 2. The summed E-state index contributed by atoms with van der Waals surface area (Å²) in [6.45, 7) is 2.55. The fraction of sp³-hybridized carbons (Fsp3) is 0.545. The molecule has 2 saturated heterocycles. The van der Waals surface area contributed by atoms with Gasteiger partial charge >= 0.3 is 0 Å². The zero-order chi connectivity index (χ0) is 22.1. The number of nitrogens with zero attached hydrogens (tertiary/aromatic N) is 4. The lowest BCUT2D eigenvalue weighted by Gasteiger charge is -2.27. The summed E-state index contributed by atoms with van der Waals surface area (Å²) >= 11 is 0. The van der Waals surface area contributed by atoms with Crippen molar-refractivity contribution in [2.75, 3.05) is 32.7 Å². The molecule has 2 amide bonds. The summed E-state index contributed by atoms with van der Waals surface area (Å²) in [7, 11) is 0. The lowest BCUT2D eigenvalue weighted by Crippen LogP contribution is -2.52. The molecule has 2 aliphatic rings. The number of halogens is 1. The van der Waals surface area contributed by atoms with Gasteiger partial charge in [0.1, 0.15) is 11.9 Å². The van der Waals surface area contributed by atoms with E-state index in [1.165, 1.54) is 12.1 Å². The highest BCUT2D eigenvalue weighted by Gasteiger charge is 2.30. The van der Waals surface area contributed by atoms with Crippen LogP contribution in [-0.4, -0.2) is 66.3 Å². The first kappa shape index (κ1) is 22.5. The van der Waals surface area contributed by atoms with E-state index in [1.807, 2.05) is 11.1 Å². The molecule has 2 heterocycles. The molecule has 9 heteroatoms. The third-order valence-corrected chi connectivity index (χ3v) is 5.63. The molecule has 0 aliphatic carbocycles. The minimum Gasteiger partial charge on any atom is -0.344 e. The minimum absolute atomic E-state index is 0.00478. The van der Waals surface area contributed by atoms with Crippen molar-refractivity contribution in [1.82, 2.24) is 20.4 Å². The topological polar surface area (TPSA) is 101 Å². The molecular weight excluding hydrogens is 399 g/mol. The Labute approximate surface area is 182 Å². The van der Waals surface area contributed by atoms with E-state index in [0.717, 1.165) is 44.3 Å². The molecule has 0 bridgehead atoms. The van der Waals surface area contributed by atoms with Crippen LogP contribution in [0, 0.1) is 17.3 Å². The third kappa shape index (κ3) is 6.67. The number of hydrogen-bond donors (Lipinski definition) is 2. The lowest BCUT2D eigenvalue weighted by atomic mass is 10.1. The van der Waals surface area contributed by atoms with Crippen LogP contribution in [0.2, 0.25) is 0 Å². The van der Waals surface area contributed by atoms with Gasteiger partial charge in [-0.25, -0.2) is 4.39 Å². The summed E-state index contributed by atoms with van der Waals surface area (Å²) in [5.74, 6) is -0.207. The number of nitrogens with one attached hydrogen (secondary N) is 2. The zero-order valence-corrected chi connectivity index (χ0v) is 17.6. The van der Waals surface area contributed by atoms with E-state index in [1.54, 1.807) is 17.0 Å². The number of guanidine groups is 1. The van der Waals surface area contributed by atoms with Crippen LogP contribution >= 0.6 is 0 Å². The summed E-state index contributed by atoms with van der Waals surface area (Å²) in [5, 5.41) is 14.6. The number of amides is 2. The Morgan fingerprint density at radius 1 is 1.16 bits per heavy atom. The molecule has 166 valence electrons. The van der Waals surface area contributed by atoms with Gasteiger partial charge in [0.05, 0.1) is 6.54 Å². The van der Waals surface area contributed by atoms with Crippen molar-refractivity contribution in [2.24, 2.45) is 4.99 Å². The molecule has 1 aromatic carbocycles. The summed E-state index contributed by atoms with van der Waals surface area (Å²) in [6.07, 6.45) is 6.74. The molecule has 0 aromatic heterocycles. The van der Waals surface area contributed by atoms with Crippen LogP contribution in [0.15, 0.2) is 29.3 Å². The molecule has 3 rings (SSSR count). The van der Waals surface area contributed by atoms with Crippen molar-refractivity contribution in [3.63, 3.8) is 0 Å². The standard InChI is InChI=1S/C22H29FN6O2/c23-18-8-6-17(7-9-18)10-11-25-22(26-16-24)27-19-5-1-2-14-29(21(19)31)15-20(30)28-12-3-4-13-28/h6-9,19H,1-5,10-15H2,(H2,25,26,27)/t19-/m0/s1. The van der Waals surface area contributed by atoms with Gasteiger partial charge < -0.3 is 15.1 Å². The van der Waals surface area contributed by atoms with Gasteiger partial charge in [-0.15, -0.1) is 0 Å². The second-order valence-corrected chi connectivity index (χ2v) is 7.88. The maximum atomic E-state index is 13.1. The van der Waals surface area contributed by atoms with Gasteiger partial charge in [0.15, 0.2) is 6.19 Å². The Morgan fingerprint density at radius 3 is 2.58 bits per heavy atom. The van der Waals surface area contributed by atoms with Crippen molar-refractivity contribution in [3.05, 3.63) is 35.6 Å². The highest BCUT2D eigenvalue weighted by Crippen LogP contribution is 2.14. The summed E-state index contributed by atoms with van der Waals surface area (Å²) < 4.78 is 13.0. The molecule has 2 N–H and O–H groups in total. The fourth-order valence-electron chi connectivity index (χ4n) is 3.91. The number of rotatable bonds is 6. The largest absolute Gasteiger partial charge is 0.344 e. The molecule has 31 heavy (non-hydrogen) atoms. The van der Waals surface area contributed by atoms with Crippen LogP contribution in [-0.2, 0) is 16.0 Å². The Balaban J connectivity index is 1.59. The first-order valence-corrected chi connectivity index (χ1v) is 10.8. The molecule has 8 nitrogen and oxygen atoms in total. The fourth-order valence-corrected chi connectivity index (χ4v) is 3.91. The van der Waals surface area contributed by atoms with E-state index in [-0.39, 0.29) is 30.1 Å². The van der Waals surface area contributed by atoms with Gasteiger partial charge in [0.25, 0.3) is 0 Å². The monoisotopic (exact) mass is 428 g/mol. The molecule has 2 aliphatic heterocycles. The number of carbonyl (C=O) groups excluding carboxylic acids is 2. The number of benzene rings is 1. The molecule has 0 radical (unpaired) electrons. The summed E-state index contributed by atoms with van der Waals surface area (Å²) in [5.41, 5.74) is 0.929. The van der Waals surface area contributed by atoms with Crippen LogP contribution in [0.4, 0.5) is 4.39 Å². The van der Waals surface area contributed by atoms with Crippen LogP contribution in [0.5, 0.6) is 0 Å². The maximum absolute atomic E-state index is 13.1. The average molecular weight is 429 g/mol. The van der Waals surface area contributed by atoms with E-state index in [4.69, 9.17) is 5.26 Å². The normalized spacial score (nSPS) is 19.7. The Bertz CT molecular complexity index is 829. The number of aliphatic imine (C=N–C) groups is 1. The predicted molar refractivity (Wildman–Crippen MR) is 114 cm³/mol. The number of likely N-dealkylation sites (tertiary alicyclic amines) is 2. The Morgan fingerprint density at radius 2 is 1.87 bits per heavy atom. The first-order chi connectivity index (χ1) is 15.1. The zero-order valence-electron chi connectivity index (χ0n) is 17.6. The highest BCUT2D eigenvalue weighted by molar-refractivity contribution is 5.92. The first-order valence-electron chi connectivity index (χ1n) is 10.8. The van der Waals surface area contributed by atoms with E-state index >= 15 is 0 Å². The van der Waals surface area contributed by atoms with Gasteiger partial charge in [-0.1, -0.05) is 12.1 Å². The lowest BCUT2D eigenvalue weighted by molar-refractivity contribution is -0.140. The van der Waals surface area contributed by atoms with Crippen LogP contribution in [0.1, 0.15) is 37.7 Å². The second-order valence-electron chi connectivity index (χ2n) is 7.88. The second kappa shape index (κ2) is 11.3. The average Bonchev–Trinajstić information content (AvgIpc) is 3.25. The number of hydrogen-bond acceptors (Lipinski definition) is 4. The number of nitriles is 1. The molecule has 0 saturated carbocycles. The van der Waals surface area contributed by atoms with Crippen molar-refractivity contribution >= 4 is 17.8 Å². The molecule has 2 fully saturated rings. The summed E-state index contributed by atoms with van der Waals surface area (Å²) in [6, 6.07) is 5.64. The molecule has 0 unspecified atom stereocenters. The van der Waals surface area contributed by atoms with E-state index in [0.29, 0.717) is 25.9 Å². The van der Waals surface area contributed by atoms with Gasteiger partial charge in [-0.2, -0.15) is 5.26 Å². The van der Waals surface area contributed by atoms with Gasteiger partial charge in [0.2, 0.25) is 17.8 Å². The highest BCUT2D eigenvalue weighted by atomic mass is 19.1.